The van der Waals surface area contributed by atoms with E-state index in [1.807, 2.05) is 5.10 Å². The molecule has 2 aromatic heterocycles. The molecule has 0 aliphatic heterocycles. The molecule has 2 heterocycles. The van der Waals surface area contributed by atoms with Gasteiger partial charge >= 0.3 is 12.4 Å². The second-order valence-corrected chi connectivity index (χ2v) is 11.7. The van der Waals surface area contributed by atoms with Crippen LogP contribution in [0.3, 0.4) is 0 Å². The standard InChI is InChI=1S/C35H45F6N5O2/c1-3-5-7-9-11-13-18-47-29-16-15-17-30(48-19-14-12-10-8-6-4-2)33(29)24-20-26(25(42)22-31(43)34(36,37)38)44-27(21-24)28-23-32(46-45-28)35(39,40)41/h15-17,20-23,42H,3-14,18-19,43H2,1-2H3,(H,45,46). The number of ether oxygens (including phenoxy) is 2. The fraction of sp³-hybridized carbons (Fsp3) is 0.514. The minimum absolute atomic E-state index is 0.106. The smallest absolute Gasteiger partial charge is 0.432 e. The Kier molecular flexibility index (Phi) is 14.8. The summed E-state index contributed by atoms with van der Waals surface area (Å²) in [5.74, 6) is 0.837. The molecule has 0 spiro atoms. The van der Waals surface area contributed by atoms with E-state index < -0.39 is 29.5 Å². The van der Waals surface area contributed by atoms with Gasteiger partial charge in [0, 0.05) is 0 Å². The van der Waals surface area contributed by atoms with Crippen LogP contribution in [0.1, 0.15) is 102 Å². The second-order valence-electron chi connectivity index (χ2n) is 11.7. The zero-order valence-corrected chi connectivity index (χ0v) is 27.5. The summed E-state index contributed by atoms with van der Waals surface area (Å²) in [6.45, 7) is 5.07. The van der Waals surface area contributed by atoms with Crippen molar-refractivity contribution in [3.8, 4) is 34.0 Å². The highest BCUT2D eigenvalue weighted by molar-refractivity contribution is 6.06. The maximum absolute atomic E-state index is 13.4. The first-order valence-electron chi connectivity index (χ1n) is 16.5. The summed E-state index contributed by atoms with van der Waals surface area (Å²) in [6.07, 6.45) is 3.31. The van der Waals surface area contributed by atoms with Crippen molar-refractivity contribution < 1.29 is 35.8 Å². The van der Waals surface area contributed by atoms with Gasteiger partial charge in [-0.1, -0.05) is 84.1 Å². The number of pyridine rings is 1. The molecule has 7 nitrogen and oxygen atoms in total. The van der Waals surface area contributed by atoms with E-state index in [-0.39, 0.29) is 17.1 Å². The third-order valence-electron chi connectivity index (χ3n) is 7.66. The van der Waals surface area contributed by atoms with Crippen LogP contribution in [0.25, 0.3) is 22.5 Å². The number of rotatable bonds is 20. The molecule has 0 amide bonds. The Balaban J connectivity index is 2.06. The van der Waals surface area contributed by atoms with Gasteiger partial charge in [0.15, 0.2) is 0 Å². The van der Waals surface area contributed by atoms with Crippen LogP contribution in [-0.4, -0.2) is 40.3 Å². The Morgan fingerprint density at radius 1 is 0.792 bits per heavy atom. The average molecular weight is 682 g/mol. The summed E-state index contributed by atoms with van der Waals surface area (Å²) >= 11 is 0. The van der Waals surface area contributed by atoms with Crippen LogP contribution >= 0.6 is 0 Å². The maximum Gasteiger partial charge on any atom is 0.432 e. The molecule has 0 fully saturated rings. The first-order valence-corrected chi connectivity index (χ1v) is 16.5. The summed E-state index contributed by atoms with van der Waals surface area (Å²) < 4.78 is 92.4. The van der Waals surface area contributed by atoms with Crippen LogP contribution in [0.4, 0.5) is 26.3 Å². The average Bonchev–Trinajstić information content (AvgIpc) is 3.55. The summed E-state index contributed by atoms with van der Waals surface area (Å²) in [4.78, 5) is 4.22. The van der Waals surface area contributed by atoms with Crippen molar-refractivity contribution in [3.63, 3.8) is 0 Å². The Labute approximate surface area is 277 Å². The fourth-order valence-corrected chi connectivity index (χ4v) is 5.02. The van der Waals surface area contributed by atoms with E-state index in [4.69, 9.17) is 20.6 Å². The zero-order chi connectivity index (χ0) is 35.2. The van der Waals surface area contributed by atoms with E-state index in [9.17, 15) is 26.3 Å². The van der Waals surface area contributed by atoms with Gasteiger partial charge in [-0.05, 0) is 54.8 Å². The van der Waals surface area contributed by atoms with Crippen LogP contribution in [-0.2, 0) is 6.18 Å². The van der Waals surface area contributed by atoms with Crippen molar-refractivity contribution >= 4 is 5.71 Å². The first-order chi connectivity index (χ1) is 22.8. The van der Waals surface area contributed by atoms with Gasteiger partial charge in [0.05, 0.1) is 35.9 Å². The van der Waals surface area contributed by atoms with E-state index in [0.29, 0.717) is 41.9 Å². The Hall–Kier alpha value is -4.03. The van der Waals surface area contributed by atoms with E-state index in [0.717, 1.165) is 83.1 Å². The number of aromatic nitrogens is 3. The monoisotopic (exact) mass is 681 g/mol. The van der Waals surface area contributed by atoms with Gasteiger partial charge in [-0.15, -0.1) is 0 Å². The quantitative estimate of drug-likeness (QED) is 0.0625. The third-order valence-corrected chi connectivity index (χ3v) is 7.66. The van der Waals surface area contributed by atoms with Crippen molar-refractivity contribution in [2.75, 3.05) is 13.2 Å². The molecule has 3 rings (SSSR count). The van der Waals surface area contributed by atoms with E-state index >= 15 is 0 Å². The van der Waals surface area contributed by atoms with Crippen LogP contribution < -0.4 is 15.2 Å². The molecule has 48 heavy (non-hydrogen) atoms. The molecule has 3 aromatic rings. The molecular formula is C35H45F6N5O2. The molecule has 264 valence electrons. The number of unbranched alkanes of at least 4 members (excludes halogenated alkanes) is 10. The molecule has 0 aliphatic rings. The highest BCUT2D eigenvalue weighted by Gasteiger charge is 2.34. The number of H-pyrrole nitrogens is 1. The van der Waals surface area contributed by atoms with E-state index in [1.165, 1.54) is 12.1 Å². The number of benzene rings is 1. The van der Waals surface area contributed by atoms with Gasteiger partial charge in [0.2, 0.25) is 0 Å². The minimum Gasteiger partial charge on any atom is -0.493 e. The van der Waals surface area contributed by atoms with Crippen molar-refractivity contribution in [2.45, 2.75) is 103 Å². The molecule has 0 aliphatic carbocycles. The van der Waals surface area contributed by atoms with Crippen molar-refractivity contribution in [3.05, 3.63) is 59.6 Å². The number of nitrogens with two attached hydrogens (primary N) is 1. The van der Waals surface area contributed by atoms with Gasteiger partial charge in [0.25, 0.3) is 0 Å². The Morgan fingerprint density at radius 3 is 1.83 bits per heavy atom. The summed E-state index contributed by atoms with van der Waals surface area (Å²) in [5.41, 5.74) is 2.00. The highest BCUT2D eigenvalue weighted by Crippen LogP contribution is 2.41. The number of alkyl halides is 6. The number of hydrogen-bond donors (Lipinski definition) is 3. The lowest BCUT2D eigenvalue weighted by Crippen LogP contribution is -2.21. The summed E-state index contributed by atoms with van der Waals surface area (Å²) in [5, 5.41) is 14.1. The SMILES string of the molecule is CCCCCCCCOc1cccc(OCCCCCCCC)c1-c1cc(C(=N)C=C(N)C(F)(F)F)nc(-c2cc(C(F)(F)F)[nH]n2)c1. The van der Waals surface area contributed by atoms with Crippen LogP contribution in [0.15, 0.2) is 48.2 Å². The molecule has 0 saturated heterocycles. The zero-order valence-electron chi connectivity index (χ0n) is 27.5. The minimum atomic E-state index is -4.90. The lowest BCUT2D eigenvalue weighted by molar-refractivity contribution is -0.141. The fourth-order valence-electron chi connectivity index (χ4n) is 5.02. The Morgan fingerprint density at radius 2 is 1.33 bits per heavy atom. The molecule has 4 N–H and O–H groups in total. The van der Waals surface area contributed by atoms with Gasteiger partial charge in [0.1, 0.15) is 28.6 Å². The molecule has 0 unspecified atom stereocenters. The number of nitrogens with zero attached hydrogens (tertiary/aromatic N) is 2. The number of aromatic amines is 1. The molecule has 1 aromatic carbocycles. The lowest BCUT2D eigenvalue weighted by atomic mass is 10.00. The molecule has 13 heteroatoms. The van der Waals surface area contributed by atoms with Gasteiger partial charge < -0.3 is 15.2 Å². The van der Waals surface area contributed by atoms with Gasteiger partial charge in [-0.2, -0.15) is 31.4 Å². The number of halogens is 6. The van der Waals surface area contributed by atoms with Crippen LogP contribution in [0.2, 0.25) is 0 Å². The maximum atomic E-state index is 13.4. The van der Waals surface area contributed by atoms with Crippen LogP contribution in [0.5, 0.6) is 11.5 Å². The third kappa shape index (κ3) is 11.9. The summed E-state index contributed by atoms with van der Waals surface area (Å²) in [6, 6.07) is 8.79. The number of hydrogen-bond acceptors (Lipinski definition) is 6. The number of allylic oxidation sites excluding steroid dienone is 2. The molecule has 0 atom stereocenters. The lowest BCUT2D eigenvalue weighted by Gasteiger charge is -2.18. The van der Waals surface area contributed by atoms with Crippen molar-refractivity contribution in [1.29, 1.82) is 5.41 Å². The van der Waals surface area contributed by atoms with E-state index in [2.05, 4.69) is 23.9 Å². The number of nitrogens with one attached hydrogen (secondary N) is 2. The predicted molar refractivity (Wildman–Crippen MR) is 175 cm³/mol. The van der Waals surface area contributed by atoms with Crippen LogP contribution in [0, 0.1) is 5.41 Å². The van der Waals surface area contributed by atoms with E-state index in [1.54, 1.807) is 18.2 Å². The van der Waals surface area contributed by atoms with Crippen molar-refractivity contribution in [1.82, 2.24) is 15.2 Å². The van der Waals surface area contributed by atoms with Crippen molar-refractivity contribution in [2.24, 2.45) is 5.73 Å². The predicted octanol–water partition coefficient (Wildman–Crippen LogP) is 10.4. The highest BCUT2D eigenvalue weighted by atomic mass is 19.4. The molecule has 0 bridgehead atoms. The molecule has 0 radical (unpaired) electrons. The Bertz CT molecular complexity index is 1450. The second kappa shape index (κ2) is 18.5. The van der Waals surface area contributed by atoms with Gasteiger partial charge in [-0.3, -0.25) is 10.5 Å². The normalized spacial score (nSPS) is 12.4. The largest absolute Gasteiger partial charge is 0.493 e. The topological polar surface area (TPSA) is 110 Å². The van der Waals surface area contributed by atoms with Gasteiger partial charge in [-0.25, -0.2) is 4.98 Å². The summed E-state index contributed by atoms with van der Waals surface area (Å²) in [7, 11) is 0. The molecule has 0 saturated carbocycles. The molecular weight excluding hydrogens is 636 g/mol. The first kappa shape index (κ1) is 38.4.